The molecule has 278 valence electrons. The molecule has 1 unspecified atom stereocenters. The maximum absolute atomic E-state index is 14.4. The molecule has 0 aliphatic carbocycles. The van der Waals surface area contributed by atoms with Crippen molar-refractivity contribution in [1.82, 2.24) is 5.43 Å². The lowest BCUT2D eigenvalue weighted by atomic mass is 10.2. The summed E-state index contributed by atoms with van der Waals surface area (Å²) in [6, 6.07) is 21.8. The summed E-state index contributed by atoms with van der Waals surface area (Å²) < 4.78 is 29.5. The molecule has 9 nitrogen and oxygen atoms in total. The molecular weight excluding hydrogens is 902 g/mol. The van der Waals surface area contributed by atoms with Crippen molar-refractivity contribution in [2.75, 3.05) is 15.0 Å². The van der Waals surface area contributed by atoms with E-state index in [1.54, 1.807) is 48.5 Å². The molecule has 19 heteroatoms. The number of nitrogens with zero attached hydrogens (tertiary/aromatic N) is 2. The first-order chi connectivity index (χ1) is 25.5. The predicted octanol–water partition coefficient (Wildman–Crippen LogP) is 12.0. The minimum atomic E-state index is -4.10. The Morgan fingerprint density at radius 1 is 0.796 bits per heavy atom. The van der Waals surface area contributed by atoms with Crippen LogP contribution >= 0.6 is 105 Å². The number of halogens is 8. The number of rotatable bonds is 9. The zero-order valence-electron chi connectivity index (χ0n) is 27.0. The molecule has 1 heterocycles. The number of sulfonamides is 1. The molecule has 5 aromatic rings. The van der Waals surface area contributed by atoms with Gasteiger partial charge in [0.15, 0.2) is 0 Å². The van der Waals surface area contributed by atoms with Crippen molar-refractivity contribution in [1.29, 1.82) is 0 Å². The number of hydrazine groups is 1. The highest BCUT2D eigenvalue weighted by molar-refractivity contribution is 8.01. The number of aliphatic imine (C=N–C) groups is 1. The first kappa shape index (κ1) is 40.6. The Morgan fingerprint density at radius 2 is 1.44 bits per heavy atom. The molecule has 1 fully saturated rings. The first-order valence-electron chi connectivity index (χ1n) is 15.2. The summed E-state index contributed by atoms with van der Waals surface area (Å²) in [7, 11) is -4.10. The monoisotopic (exact) mass is 919 g/mol. The van der Waals surface area contributed by atoms with Crippen LogP contribution in [-0.4, -0.2) is 31.3 Å². The number of benzene rings is 5. The van der Waals surface area contributed by atoms with Gasteiger partial charge in [0, 0.05) is 15.6 Å². The predicted molar refractivity (Wildman–Crippen MR) is 223 cm³/mol. The number of carbonyl (C=O) groups is 2. The average Bonchev–Trinajstić information content (AvgIpc) is 3.42. The van der Waals surface area contributed by atoms with Crippen LogP contribution in [0.1, 0.15) is 15.9 Å². The van der Waals surface area contributed by atoms with Gasteiger partial charge in [-0.25, -0.2) is 18.4 Å². The molecule has 0 spiro atoms. The van der Waals surface area contributed by atoms with E-state index in [1.165, 1.54) is 36.4 Å². The van der Waals surface area contributed by atoms with Crippen LogP contribution in [0.15, 0.2) is 99.7 Å². The Balaban J connectivity index is 1.43. The van der Waals surface area contributed by atoms with Gasteiger partial charge in [-0.15, -0.1) is 11.8 Å². The zero-order chi connectivity index (χ0) is 39.1. The normalized spacial score (nSPS) is 15.1. The van der Waals surface area contributed by atoms with E-state index in [2.05, 4.69) is 20.5 Å². The summed E-state index contributed by atoms with van der Waals surface area (Å²) in [5.41, 5.74) is 4.42. The van der Waals surface area contributed by atoms with Crippen LogP contribution in [0.3, 0.4) is 0 Å². The van der Waals surface area contributed by atoms with Gasteiger partial charge in [0.25, 0.3) is 21.8 Å². The minimum Gasteiger partial charge on any atom is -0.322 e. The second-order valence-electron chi connectivity index (χ2n) is 11.4. The molecule has 1 aliphatic heterocycles. The van der Waals surface area contributed by atoms with Gasteiger partial charge in [-0.3, -0.25) is 19.7 Å². The number of hydrogen-bond donors (Lipinski definition) is 3. The molecule has 5 aromatic carbocycles. The van der Waals surface area contributed by atoms with Crippen molar-refractivity contribution in [3.63, 3.8) is 0 Å². The molecule has 2 amide bonds. The SMILES string of the molecule is Cc1ccc(S(=O)(=O)Nc2cc(Cl)ccc2SC2C(=O)N(c3c(Cl)c(Cl)c(Cl)c(Cl)c3Cl)NC2=Nc2cc(NC(=O)c3ccccc3Cl)ccc2Cl)cc1. The third-order valence-corrected chi connectivity index (χ3v) is 13.4. The molecule has 0 radical (unpaired) electrons. The molecule has 0 saturated carbocycles. The van der Waals surface area contributed by atoms with E-state index in [0.29, 0.717) is 10.6 Å². The van der Waals surface area contributed by atoms with Crippen molar-refractivity contribution < 1.29 is 18.0 Å². The number of amidine groups is 1. The van der Waals surface area contributed by atoms with Crippen LogP contribution in [-0.2, 0) is 14.8 Å². The van der Waals surface area contributed by atoms with Crippen molar-refractivity contribution >= 4 is 155 Å². The Hall–Kier alpha value is -3.07. The lowest BCUT2D eigenvalue weighted by Gasteiger charge is -2.21. The van der Waals surface area contributed by atoms with E-state index in [9.17, 15) is 18.0 Å². The lowest BCUT2D eigenvalue weighted by molar-refractivity contribution is -0.116. The Labute approximate surface area is 353 Å². The summed E-state index contributed by atoms with van der Waals surface area (Å²) in [4.78, 5) is 32.4. The van der Waals surface area contributed by atoms with E-state index in [1.807, 2.05) is 6.92 Å². The van der Waals surface area contributed by atoms with Crippen LogP contribution in [0.5, 0.6) is 0 Å². The quantitative estimate of drug-likeness (QED) is 0.100. The second-order valence-corrected chi connectivity index (χ2v) is 17.3. The molecule has 1 aliphatic rings. The smallest absolute Gasteiger partial charge is 0.267 e. The van der Waals surface area contributed by atoms with Crippen LogP contribution in [0.2, 0.25) is 40.2 Å². The van der Waals surface area contributed by atoms with Crippen molar-refractivity contribution in [2.24, 2.45) is 4.99 Å². The van der Waals surface area contributed by atoms with Gasteiger partial charge < -0.3 is 5.32 Å². The van der Waals surface area contributed by atoms with E-state index in [-0.39, 0.29) is 73.5 Å². The minimum absolute atomic E-state index is 0.00176. The molecule has 3 N–H and O–H groups in total. The molecule has 0 bridgehead atoms. The van der Waals surface area contributed by atoms with Crippen LogP contribution in [0, 0.1) is 6.92 Å². The fraction of sp³-hybridized carbons (Fsp3) is 0.0571. The average molecular weight is 923 g/mol. The van der Waals surface area contributed by atoms with E-state index in [0.717, 1.165) is 22.3 Å². The number of nitrogens with one attached hydrogen (secondary N) is 3. The van der Waals surface area contributed by atoms with Crippen LogP contribution in [0.25, 0.3) is 0 Å². The highest BCUT2D eigenvalue weighted by Crippen LogP contribution is 2.49. The number of hydrogen-bond acceptors (Lipinski definition) is 6. The highest BCUT2D eigenvalue weighted by Gasteiger charge is 2.42. The van der Waals surface area contributed by atoms with Gasteiger partial charge in [-0.2, -0.15) is 0 Å². The molecular formula is C35H21Cl8N5O4S2. The standard InChI is InChI=1S/C35H21Cl8N5O4S2/c1-16-6-10-19(11-7-16)54(51,52)47-24-14-17(36)8-13-25(24)53-32-33(46-48(35(32)50)31-29(42)27(40)26(39)28(41)30(31)43)45-23-15-18(9-12-22(23)38)44-34(49)20-4-2-3-5-21(20)37/h2-15,32,47H,1H3,(H,44,49)(H,45,46). The summed E-state index contributed by atoms with van der Waals surface area (Å²) in [6.07, 6.45) is 0. The highest BCUT2D eigenvalue weighted by atomic mass is 35.5. The zero-order valence-corrected chi connectivity index (χ0v) is 34.7. The number of amides is 2. The van der Waals surface area contributed by atoms with Gasteiger partial charge in [0.05, 0.1) is 57.0 Å². The van der Waals surface area contributed by atoms with Gasteiger partial charge >= 0.3 is 0 Å². The maximum Gasteiger partial charge on any atom is 0.267 e. The van der Waals surface area contributed by atoms with Crippen molar-refractivity contribution in [3.05, 3.63) is 136 Å². The third-order valence-electron chi connectivity index (χ3n) is 7.66. The summed E-state index contributed by atoms with van der Waals surface area (Å²) >= 11 is 52.1. The fourth-order valence-electron chi connectivity index (χ4n) is 4.99. The van der Waals surface area contributed by atoms with Gasteiger partial charge in [-0.05, 0) is 67.6 Å². The second kappa shape index (κ2) is 16.6. The van der Waals surface area contributed by atoms with Crippen molar-refractivity contribution in [3.8, 4) is 0 Å². The summed E-state index contributed by atoms with van der Waals surface area (Å²) in [5.74, 6) is -1.16. The van der Waals surface area contributed by atoms with Gasteiger partial charge in [-0.1, -0.05) is 123 Å². The Kier molecular flexibility index (Phi) is 12.5. The number of carbonyl (C=O) groups excluding carboxylic acids is 2. The summed E-state index contributed by atoms with van der Waals surface area (Å²) in [5, 5.41) is 2.31. The molecule has 1 atom stereocenters. The third kappa shape index (κ3) is 8.51. The number of thioether (sulfide) groups is 1. The van der Waals surface area contributed by atoms with Crippen LogP contribution in [0.4, 0.5) is 22.7 Å². The molecule has 0 aromatic heterocycles. The van der Waals surface area contributed by atoms with Crippen LogP contribution < -0.4 is 20.5 Å². The van der Waals surface area contributed by atoms with E-state index < -0.39 is 27.1 Å². The molecule has 54 heavy (non-hydrogen) atoms. The first-order valence-corrected chi connectivity index (χ1v) is 20.6. The Bertz CT molecular complexity index is 2460. The van der Waals surface area contributed by atoms with E-state index >= 15 is 0 Å². The number of anilines is 3. The van der Waals surface area contributed by atoms with Crippen molar-refractivity contribution in [2.45, 2.75) is 22.0 Å². The van der Waals surface area contributed by atoms with Gasteiger partial charge in [0.1, 0.15) is 16.8 Å². The number of aryl methyl sites for hydroxylation is 1. The largest absolute Gasteiger partial charge is 0.322 e. The molecule has 6 rings (SSSR count). The topological polar surface area (TPSA) is 120 Å². The molecule has 1 saturated heterocycles. The van der Waals surface area contributed by atoms with Gasteiger partial charge in [0.2, 0.25) is 0 Å². The summed E-state index contributed by atoms with van der Waals surface area (Å²) in [6.45, 7) is 1.83. The van der Waals surface area contributed by atoms with E-state index in [4.69, 9.17) is 92.8 Å². The Morgan fingerprint density at radius 3 is 2.11 bits per heavy atom. The fourth-order valence-corrected chi connectivity index (χ4v) is 9.04. The lowest BCUT2D eigenvalue weighted by Crippen LogP contribution is -2.36. The maximum atomic E-state index is 14.4.